The van der Waals surface area contributed by atoms with Gasteiger partial charge in [0.2, 0.25) is 0 Å². The van der Waals surface area contributed by atoms with Gasteiger partial charge in [-0.3, -0.25) is 0 Å². The molecule has 1 N–H and O–H groups in total. The molecule has 0 fully saturated rings. The number of hydrogen-bond donors (Lipinski definition) is 1. The fraction of sp³-hybridized carbons (Fsp3) is 0.412. The first-order valence-corrected chi connectivity index (χ1v) is 8.17. The van der Waals surface area contributed by atoms with Crippen molar-refractivity contribution < 1.29 is 4.39 Å². The fourth-order valence-electron chi connectivity index (χ4n) is 2.47. The van der Waals surface area contributed by atoms with E-state index in [2.05, 4.69) is 36.7 Å². The lowest BCUT2D eigenvalue weighted by Crippen LogP contribution is -2.25. The van der Waals surface area contributed by atoms with Gasteiger partial charge in [0.1, 0.15) is 5.82 Å². The van der Waals surface area contributed by atoms with Crippen LogP contribution in [0.15, 0.2) is 41.8 Å². The van der Waals surface area contributed by atoms with Crippen LogP contribution in [0.1, 0.15) is 55.6 Å². The molecule has 0 radical (unpaired) electrons. The molecule has 2 unspecified atom stereocenters. The van der Waals surface area contributed by atoms with Crippen molar-refractivity contribution >= 4 is 11.3 Å². The molecular weight excluding hydrogens is 269 g/mol. The quantitative estimate of drug-likeness (QED) is 0.713. The highest BCUT2D eigenvalue weighted by molar-refractivity contribution is 7.10. The van der Waals surface area contributed by atoms with Gasteiger partial charge in [-0.15, -0.1) is 11.3 Å². The summed E-state index contributed by atoms with van der Waals surface area (Å²) in [6, 6.07) is 11.8. The van der Waals surface area contributed by atoms with E-state index in [9.17, 15) is 4.39 Å². The summed E-state index contributed by atoms with van der Waals surface area (Å²) in [4.78, 5) is 1.38. The first-order chi connectivity index (χ1) is 9.74. The number of rotatable bonds is 7. The Labute approximate surface area is 124 Å². The van der Waals surface area contributed by atoms with Crippen LogP contribution < -0.4 is 5.32 Å². The molecule has 2 atom stereocenters. The Morgan fingerprint density at radius 2 is 1.85 bits per heavy atom. The predicted octanol–water partition coefficient (Wildman–Crippen LogP) is 5.47. The van der Waals surface area contributed by atoms with Gasteiger partial charge in [-0.1, -0.05) is 38.5 Å². The highest BCUT2D eigenvalue weighted by Crippen LogP contribution is 2.28. The van der Waals surface area contributed by atoms with Gasteiger partial charge in [-0.2, -0.15) is 0 Å². The molecule has 0 aliphatic carbocycles. The smallest absolute Gasteiger partial charge is 0.123 e. The summed E-state index contributed by atoms with van der Waals surface area (Å²) in [5.74, 6) is -0.174. The Balaban J connectivity index is 2.12. The molecule has 0 spiro atoms. The Morgan fingerprint density at radius 1 is 1.10 bits per heavy atom. The van der Waals surface area contributed by atoms with Crippen LogP contribution in [-0.4, -0.2) is 0 Å². The van der Waals surface area contributed by atoms with Crippen LogP contribution in [0, 0.1) is 5.82 Å². The Kier molecular flexibility index (Phi) is 5.74. The summed E-state index contributed by atoms with van der Waals surface area (Å²) in [6.07, 6.45) is 3.27. The van der Waals surface area contributed by atoms with Crippen LogP contribution in [0.2, 0.25) is 0 Å². The van der Waals surface area contributed by atoms with E-state index in [1.807, 2.05) is 12.1 Å². The molecule has 2 rings (SSSR count). The first kappa shape index (κ1) is 15.2. The lowest BCUT2D eigenvalue weighted by atomic mass is 10.0. The monoisotopic (exact) mass is 291 g/mol. The number of thiophene rings is 1. The van der Waals surface area contributed by atoms with E-state index in [1.54, 1.807) is 23.5 Å². The van der Waals surface area contributed by atoms with Crippen LogP contribution >= 0.6 is 11.3 Å². The summed E-state index contributed by atoms with van der Waals surface area (Å²) in [6.45, 7) is 4.37. The van der Waals surface area contributed by atoms with Crippen molar-refractivity contribution in [2.75, 3.05) is 0 Å². The maximum absolute atomic E-state index is 13.0. The Morgan fingerprint density at radius 3 is 2.40 bits per heavy atom. The topological polar surface area (TPSA) is 12.0 Å². The third kappa shape index (κ3) is 3.90. The highest BCUT2D eigenvalue weighted by atomic mass is 32.1. The Hall–Kier alpha value is -1.19. The second kappa shape index (κ2) is 7.55. The van der Waals surface area contributed by atoms with Gasteiger partial charge < -0.3 is 5.32 Å². The zero-order chi connectivity index (χ0) is 14.4. The SMILES string of the molecule is CCCC(NC(CC)c1ccc(F)cc1)c1cccs1. The van der Waals surface area contributed by atoms with Crippen LogP contribution in [0.3, 0.4) is 0 Å². The summed E-state index contributed by atoms with van der Waals surface area (Å²) < 4.78 is 13.0. The largest absolute Gasteiger partial charge is 0.302 e. The van der Waals surface area contributed by atoms with Gasteiger partial charge in [0, 0.05) is 17.0 Å². The average Bonchev–Trinajstić information content (AvgIpc) is 2.99. The second-order valence-electron chi connectivity index (χ2n) is 5.04. The van der Waals surface area contributed by atoms with Crippen LogP contribution in [0.4, 0.5) is 4.39 Å². The van der Waals surface area contributed by atoms with E-state index in [0.717, 1.165) is 24.8 Å². The van der Waals surface area contributed by atoms with Crippen LogP contribution in [0.5, 0.6) is 0 Å². The van der Waals surface area contributed by atoms with E-state index in [1.165, 1.54) is 4.88 Å². The average molecular weight is 291 g/mol. The van der Waals surface area contributed by atoms with Crippen molar-refractivity contribution in [2.45, 2.75) is 45.2 Å². The van der Waals surface area contributed by atoms with E-state index in [0.29, 0.717) is 6.04 Å². The lowest BCUT2D eigenvalue weighted by Gasteiger charge is -2.24. The van der Waals surface area contributed by atoms with Gasteiger partial charge in [0.25, 0.3) is 0 Å². The third-order valence-corrected chi connectivity index (χ3v) is 4.53. The van der Waals surface area contributed by atoms with Crippen LogP contribution in [-0.2, 0) is 0 Å². The molecule has 0 bridgehead atoms. The highest BCUT2D eigenvalue weighted by Gasteiger charge is 2.17. The molecule has 1 heterocycles. The molecule has 1 aromatic carbocycles. The zero-order valence-electron chi connectivity index (χ0n) is 12.1. The number of benzene rings is 1. The Bertz CT molecular complexity index is 492. The lowest BCUT2D eigenvalue weighted by molar-refractivity contribution is 0.417. The standard InChI is InChI=1S/C17H22FNS/c1-3-6-16(17-7-5-12-20-17)19-15(4-2)13-8-10-14(18)11-9-13/h5,7-12,15-16,19H,3-4,6H2,1-2H3. The molecule has 2 aromatic rings. The molecule has 0 aliphatic rings. The number of hydrogen-bond acceptors (Lipinski definition) is 2. The summed E-state index contributed by atoms with van der Waals surface area (Å²) in [5.41, 5.74) is 1.16. The molecule has 0 saturated carbocycles. The van der Waals surface area contributed by atoms with Gasteiger partial charge in [0.15, 0.2) is 0 Å². The summed E-state index contributed by atoms with van der Waals surface area (Å²) in [7, 11) is 0. The molecule has 0 saturated heterocycles. The minimum atomic E-state index is -0.174. The van der Waals surface area contributed by atoms with Crippen molar-refractivity contribution in [2.24, 2.45) is 0 Å². The van der Waals surface area contributed by atoms with Crippen molar-refractivity contribution in [1.29, 1.82) is 0 Å². The third-order valence-electron chi connectivity index (χ3n) is 3.55. The molecule has 20 heavy (non-hydrogen) atoms. The normalized spacial score (nSPS) is 14.2. The molecule has 1 nitrogen and oxygen atoms in total. The van der Waals surface area contributed by atoms with Gasteiger partial charge in [0.05, 0.1) is 0 Å². The van der Waals surface area contributed by atoms with E-state index < -0.39 is 0 Å². The molecule has 3 heteroatoms. The molecule has 108 valence electrons. The van der Waals surface area contributed by atoms with Crippen LogP contribution in [0.25, 0.3) is 0 Å². The minimum Gasteiger partial charge on any atom is -0.302 e. The molecular formula is C17H22FNS. The number of nitrogens with one attached hydrogen (secondary N) is 1. The number of halogens is 1. The minimum absolute atomic E-state index is 0.174. The van der Waals surface area contributed by atoms with Crippen molar-refractivity contribution in [1.82, 2.24) is 5.32 Å². The summed E-state index contributed by atoms with van der Waals surface area (Å²) in [5, 5.41) is 5.85. The van der Waals surface area contributed by atoms with Gasteiger partial charge in [-0.05, 0) is 42.0 Å². The predicted molar refractivity (Wildman–Crippen MR) is 84.5 cm³/mol. The molecule has 0 aliphatic heterocycles. The van der Waals surface area contributed by atoms with Crippen molar-refractivity contribution in [3.05, 3.63) is 58.0 Å². The second-order valence-corrected chi connectivity index (χ2v) is 6.02. The first-order valence-electron chi connectivity index (χ1n) is 7.29. The maximum atomic E-state index is 13.0. The van der Waals surface area contributed by atoms with E-state index in [4.69, 9.17) is 0 Å². The van der Waals surface area contributed by atoms with Crippen molar-refractivity contribution in [3.8, 4) is 0 Å². The van der Waals surface area contributed by atoms with Gasteiger partial charge in [-0.25, -0.2) is 4.39 Å². The molecule has 1 aromatic heterocycles. The van der Waals surface area contributed by atoms with E-state index >= 15 is 0 Å². The summed E-state index contributed by atoms with van der Waals surface area (Å²) >= 11 is 1.80. The zero-order valence-corrected chi connectivity index (χ0v) is 12.9. The van der Waals surface area contributed by atoms with Crippen molar-refractivity contribution in [3.63, 3.8) is 0 Å². The maximum Gasteiger partial charge on any atom is 0.123 e. The fourth-order valence-corrected chi connectivity index (χ4v) is 3.30. The molecule has 0 amide bonds. The van der Waals surface area contributed by atoms with E-state index in [-0.39, 0.29) is 11.9 Å². The van der Waals surface area contributed by atoms with Gasteiger partial charge >= 0.3 is 0 Å².